The van der Waals surface area contributed by atoms with Crippen LogP contribution in [0, 0.1) is 16.7 Å². The summed E-state index contributed by atoms with van der Waals surface area (Å²) in [4.78, 5) is 25.1. The molecular weight excluding hydrogens is 422 g/mol. The van der Waals surface area contributed by atoms with Crippen LogP contribution in [0.25, 0.3) is 0 Å². The van der Waals surface area contributed by atoms with Gasteiger partial charge < -0.3 is 4.74 Å². The topological polar surface area (TPSA) is 80.8 Å². The van der Waals surface area contributed by atoms with E-state index >= 15 is 0 Å². The van der Waals surface area contributed by atoms with Crippen LogP contribution in [0.2, 0.25) is 0 Å². The van der Waals surface area contributed by atoms with Crippen LogP contribution >= 0.6 is 11.8 Å². The number of thioether (sulfide) groups is 1. The first-order valence-corrected chi connectivity index (χ1v) is 13.1. The quantitative estimate of drug-likeness (QED) is 0.617. The van der Waals surface area contributed by atoms with Gasteiger partial charge in [0.1, 0.15) is 0 Å². The lowest BCUT2D eigenvalue weighted by atomic mass is 9.69. The van der Waals surface area contributed by atoms with Gasteiger partial charge in [-0.05, 0) is 36.2 Å². The average Bonchev–Trinajstić information content (AvgIpc) is 3.19. The summed E-state index contributed by atoms with van der Waals surface area (Å²) < 4.78 is 32.2. The smallest absolute Gasteiger partial charge is 0.315 e. The molecule has 164 valence electrons. The normalized spacial score (nSPS) is 31.4. The number of esters is 1. The molecule has 1 aliphatic heterocycles. The number of sulfonamides is 1. The Morgan fingerprint density at radius 3 is 2.60 bits per heavy atom. The van der Waals surface area contributed by atoms with Gasteiger partial charge in [-0.2, -0.15) is 0 Å². The zero-order chi connectivity index (χ0) is 21.7. The van der Waals surface area contributed by atoms with Gasteiger partial charge in [0, 0.05) is 17.1 Å². The molecule has 4 rings (SSSR count). The predicted molar refractivity (Wildman–Crippen MR) is 116 cm³/mol. The second-order valence-corrected chi connectivity index (χ2v) is 12.3. The minimum Gasteiger partial charge on any atom is -0.468 e. The third-order valence-corrected chi connectivity index (χ3v) is 11.0. The fourth-order valence-electron chi connectivity index (χ4n) is 6.03. The molecule has 6 nitrogen and oxygen atoms in total. The lowest BCUT2D eigenvalue weighted by Gasteiger charge is -2.37. The van der Waals surface area contributed by atoms with Gasteiger partial charge in [0.25, 0.3) is 0 Å². The van der Waals surface area contributed by atoms with Crippen LogP contribution in [0.3, 0.4) is 0 Å². The molecule has 4 atom stereocenters. The molecule has 2 bridgehead atoms. The van der Waals surface area contributed by atoms with Crippen LogP contribution in [-0.2, 0) is 24.3 Å². The molecular formula is C22H29NO5S2. The molecule has 1 spiro atoms. The second kappa shape index (κ2) is 7.55. The molecule has 1 amide bonds. The van der Waals surface area contributed by atoms with Crippen LogP contribution in [0.5, 0.6) is 0 Å². The maximum Gasteiger partial charge on any atom is 0.315 e. The zero-order valence-corrected chi connectivity index (χ0v) is 19.3. The fourth-order valence-corrected chi connectivity index (χ4v) is 9.66. The molecule has 1 saturated heterocycles. The van der Waals surface area contributed by atoms with E-state index in [4.69, 9.17) is 4.74 Å². The van der Waals surface area contributed by atoms with Crippen molar-refractivity contribution in [1.29, 1.82) is 0 Å². The molecule has 1 aromatic carbocycles. The minimum absolute atomic E-state index is 0.0442. The molecule has 0 radical (unpaired) electrons. The maximum atomic E-state index is 13.4. The van der Waals surface area contributed by atoms with Crippen LogP contribution in [0.1, 0.15) is 50.3 Å². The van der Waals surface area contributed by atoms with Gasteiger partial charge in [-0.25, -0.2) is 12.7 Å². The lowest BCUT2D eigenvalue weighted by Crippen LogP contribution is -2.44. The van der Waals surface area contributed by atoms with Crippen LogP contribution in [0.4, 0.5) is 0 Å². The standard InChI is InChI=1S/C22H29NO5S2/c1-21(2)16-9-10-22(21)14-30(26,27)23(18(22)11-16)19(24)12-17(29-13-20(25)28-3)15-7-5-4-6-8-15/h4-8,16-18H,9-14H2,1-3H3. The molecule has 3 fully saturated rings. The van der Waals surface area contributed by atoms with E-state index in [0.29, 0.717) is 5.92 Å². The van der Waals surface area contributed by atoms with Crippen molar-refractivity contribution in [2.75, 3.05) is 18.6 Å². The summed E-state index contributed by atoms with van der Waals surface area (Å²) >= 11 is 1.32. The van der Waals surface area contributed by atoms with Crippen LogP contribution in [0.15, 0.2) is 30.3 Å². The van der Waals surface area contributed by atoms with E-state index in [-0.39, 0.29) is 51.9 Å². The summed E-state index contributed by atoms with van der Waals surface area (Å²) in [6.07, 6.45) is 2.73. The number of hydrogen-bond donors (Lipinski definition) is 0. The number of nitrogens with zero attached hydrogens (tertiary/aromatic N) is 1. The van der Waals surface area contributed by atoms with Gasteiger partial charge >= 0.3 is 5.97 Å². The van der Waals surface area contributed by atoms with E-state index in [9.17, 15) is 18.0 Å². The molecule has 30 heavy (non-hydrogen) atoms. The SMILES string of the molecule is COC(=O)CSC(CC(=O)N1C2CC3CCC2(CS1(=O)=O)C3(C)C)c1ccccc1. The number of fused-ring (bicyclic) bond motifs is 1. The summed E-state index contributed by atoms with van der Waals surface area (Å²) in [5.74, 6) is -0.0709. The van der Waals surface area contributed by atoms with Crippen LogP contribution in [-0.4, -0.2) is 49.3 Å². The van der Waals surface area contributed by atoms with E-state index in [1.54, 1.807) is 0 Å². The van der Waals surface area contributed by atoms with Crippen molar-refractivity contribution in [3.8, 4) is 0 Å². The number of carbonyl (C=O) groups excluding carboxylic acids is 2. The van der Waals surface area contributed by atoms with Crippen molar-refractivity contribution in [2.24, 2.45) is 16.7 Å². The summed E-state index contributed by atoms with van der Waals surface area (Å²) in [5, 5.41) is -0.309. The van der Waals surface area contributed by atoms with Gasteiger partial charge in [-0.3, -0.25) is 9.59 Å². The number of benzene rings is 1. The van der Waals surface area contributed by atoms with Gasteiger partial charge in [-0.1, -0.05) is 44.2 Å². The van der Waals surface area contributed by atoms with Crippen molar-refractivity contribution in [3.05, 3.63) is 35.9 Å². The van der Waals surface area contributed by atoms with Gasteiger partial charge in [0.15, 0.2) is 0 Å². The van der Waals surface area contributed by atoms with Crippen LogP contribution < -0.4 is 0 Å². The van der Waals surface area contributed by atoms with Gasteiger partial charge in [0.2, 0.25) is 15.9 Å². The number of carbonyl (C=O) groups is 2. The maximum absolute atomic E-state index is 13.4. The fraction of sp³-hybridized carbons (Fsp3) is 0.636. The van der Waals surface area contributed by atoms with Crippen molar-refractivity contribution in [3.63, 3.8) is 0 Å². The molecule has 2 saturated carbocycles. The first kappa shape index (κ1) is 21.7. The summed E-state index contributed by atoms with van der Waals surface area (Å²) in [6, 6.07) is 9.23. The van der Waals surface area contributed by atoms with Crippen molar-refractivity contribution in [2.45, 2.75) is 50.8 Å². The van der Waals surface area contributed by atoms with E-state index in [1.807, 2.05) is 30.3 Å². The third-order valence-electron chi connectivity index (χ3n) is 7.82. The highest BCUT2D eigenvalue weighted by molar-refractivity contribution is 8.00. The molecule has 0 aromatic heterocycles. The molecule has 0 N–H and O–H groups in total. The monoisotopic (exact) mass is 451 g/mol. The summed E-state index contributed by atoms with van der Waals surface area (Å²) in [7, 11) is -2.31. The Morgan fingerprint density at radius 1 is 1.27 bits per heavy atom. The number of ether oxygens (including phenoxy) is 1. The number of hydrogen-bond acceptors (Lipinski definition) is 6. The molecule has 4 unspecified atom stereocenters. The number of rotatable bonds is 6. The minimum atomic E-state index is -3.64. The summed E-state index contributed by atoms with van der Waals surface area (Å²) in [6.45, 7) is 4.35. The highest BCUT2D eigenvalue weighted by Crippen LogP contribution is 2.70. The van der Waals surface area contributed by atoms with E-state index in [0.717, 1.165) is 24.8 Å². The van der Waals surface area contributed by atoms with Crippen molar-refractivity contribution < 1.29 is 22.7 Å². The molecule has 8 heteroatoms. The highest BCUT2D eigenvalue weighted by Gasteiger charge is 2.72. The Labute approximate surface area is 182 Å². The lowest BCUT2D eigenvalue weighted by molar-refractivity contribution is -0.137. The third kappa shape index (κ3) is 3.27. The van der Waals surface area contributed by atoms with Crippen molar-refractivity contribution in [1.82, 2.24) is 4.31 Å². The Balaban J connectivity index is 1.59. The number of amides is 1. The van der Waals surface area contributed by atoms with Gasteiger partial charge in [0.05, 0.1) is 24.7 Å². The largest absolute Gasteiger partial charge is 0.468 e. The van der Waals surface area contributed by atoms with Gasteiger partial charge in [-0.15, -0.1) is 11.8 Å². The van der Waals surface area contributed by atoms with E-state index in [1.165, 1.54) is 23.2 Å². The Morgan fingerprint density at radius 2 is 1.97 bits per heavy atom. The van der Waals surface area contributed by atoms with Crippen molar-refractivity contribution >= 4 is 33.7 Å². The molecule has 3 aliphatic rings. The zero-order valence-electron chi connectivity index (χ0n) is 17.7. The van der Waals surface area contributed by atoms with E-state index in [2.05, 4.69) is 13.8 Å². The highest BCUT2D eigenvalue weighted by atomic mass is 32.2. The first-order chi connectivity index (χ1) is 14.1. The Bertz CT molecular complexity index is 946. The molecule has 1 aromatic rings. The predicted octanol–water partition coefficient (Wildman–Crippen LogP) is 3.39. The van der Waals surface area contributed by atoms with E-state index < -0.39 is 10.0 Å². The average molecular weight is 452 g/mol. The molecule has 2 aliphatic carbocycles. The Hall–Kier alpha value is -1.54. The Kier molecular flexibility index (Phi) is 5.46. The summed E-state index contributed by atoms with van der Waals surface area (Å²) in [5.41, 5.74) is 0.505. The number of methoxy groups -OCH3 is 1. The molecule has 1 heterocycles. The first-order valence-electron chi connectivity index (χ1n) is 10.4. The second-order valence-electron chi connectivity index (χ2n) is 9.30.